The molecule has 2 N–H and O–H groups in total. The van der Waals surface area contributed by atoms with Crippen LogP contribution < -0.4 is 15.5 Å². The number of rotatable bonds is 5. The number of anilines is 2. The van der Waals surface area contributed by atoms with Gasteiger partial charge >= 0.3 is 0 Å². The summed E-state index contributed by atoms with van der Waals surface area (Å²) in [7, 11) is 0. The predicted octanol–water partition coefficient (Wildman–Crippen LogP) is 2.34. The average molecular weight is 421 g/mol. The third-order valence-corrected chi connectivity index (χ3v) is 6.87. The maximum atomic E-state index is 11.9. The van der Waals surface area contributed by atoms with Gasteiger partial charge in [-0.2, -0.15) is 4.98 Å². The van der Waals surface area contributed by atoms with E-state index in [4.69, 9.17) is 15.7 Å². The van der Waals surface area contributed by atoms with Crippen molar-refractivity contribution in [2.24, 2.45) is 11.7 Å². The van der Waals surface area contributed by atoms with Gasteiger partial charge < -0.3 is 15.5 Å². The first-order valence-electron chi connectivity index (χ1n) is 11.6. The minimum atomic E-state index is -0.196. The van der Waals surface area contributed by atoms with Crippen LogP contribution in [-0.2, 0) is 24.3 Å². The van der Waals surface area contributed by atoms with E-state index < -0.39 is 0 Å². The number of nitrogens with two attached hydrogens (primary N) is 1. The number of hydrogen-bond donors (Lipinski definition) is 1. The van der Waals surface area contributed by atoms with Gasteiger partial charge in [-0.1, -0.05) is 30.3 Å². The van der Waals surface area contributed by atoms with Gasteiger partial charge in [-0.05, 0) is 31.2 Å². The SMILES string of the molecule is NC(=O)C1CCCN(c2nc(N3CCCC3)nc3c2CN(Cc2ccccc2)CC3)C1. The zero-order valence-corrected chi connectivity index (χ0v) is 18.2. The van der Waals surface area contributed by atoms with Crippen LogP contribution in [0.4, 0.5) is 11.8 Å². The van der Waals surface area contributed by atoms with Crippen LogP contribution in [0.1, 0.15) is 42.5 Å². The van der Waals surface area contributed by atoms with Crippen molar-refractivity contribution < 1.29 is 4.79 Å². The highest BCUT2D eigenvalue weighted by atomic mass is 16.1. The molecule has 0 spiro atoms. The number of primary amides is 1. The fraction of sp³-hybridized carbons (Fsp3) is 0.542. The van der Waals surface area contributed by atoms with E-state index in [1.165, 1.54) is 29.7 Å². The Morgan fingerprint density at radius 1 is 1.00 bits per heavy atom. The third-order valence-electron chi connectivity index (χ3n) is 6.87. The summed E-state index contributed by atoms with van der Waals surface area (Å²) < 4.78 is 0. The summed E-state index contributed by atoms with van der Waals surface area (Å²) in [6, 6.07) is 10.6. The number of hydrogen-bond acceptors (Lipinski definition) is 6. The molecule has 31 heavy (non-hydrogen) atoms. The van der Waals surface area contributed by atoms with Gasteiger partial charge in [-0.3, -0.25) is 9.69 Å². The van der Waals surface area contributed by atoms with E-state index in [1.54, 1.807) is 0 Å². The van der Waals surface area contributed by atoms with E-state index in [2.05, 4.69) is 45.0 Å². The van der Waals surface area contributed by atoms with Crippen LogP contribution in [0.25, 0.3) is 0 Å². The number of fused-ring (bicyclic) bond motifs is 1. The van der Waals surface area contributed by atoms with Crippen LogP contribution in [0.5, 0.6) is 0 Å². The fourth-order valence-corrected chi connectivity index (χ4v) is 5.14. The molecule has 1 unspecified atom stereocenters. The second-order valence-corrected chi connectivity index (χ2v) is 9.10. The molecule has 2 fully saturated rings. The number of carbonyl (C=O) groups is 1. The van der Waals surface area contributed by atoms with Crippen molar-refractivity contribution in [2.45, 2.75) is 45.2 Å². The number of piperidine rings is 1. The predicted molar refractivity (Wildman–Crippen MR) is 122 cm³/mol. The molecule has 0 bridgehead atoms. The molecule has 7 nitrogen and oxygen atoms in total. The lowest BCUT2D eigenvalue weighted by Crippen LogP contribution is -2.43. The Balaban J connectivity index is 1.46. The third kappa shape index (κ3) is 4.37. The lowest BCUT2D eigenvalue weighted by atomic mass is 9.96. The molecule has 2 aromatic rings. The number of benzene rings is 1. The molecule has 1 aromatic carbocycles. The second-order valence-electron chi connectivity index (χ2n) is 9.10. The highest BCUT2D eigenvalue weighted by molar-refractivity contribution is 5.77. The van der Waals surface area contributed by atoms with Gasteiger partial charge in [0.2, 0.25) is 11.9 Å². The normalized spacial score (nSPS) is 21.9. The molecule has 0 saturated carbocycles. The molecule has 5 rings (SSSR count). The highest BCUT2D eigenvalue weighted by Gasteiger charge is 2.31. The summed E-state index contributed by atoms with van der Waals surface area (Å²) in [5.41, 5.74) is 9.41. The van der Waals surface area contributed by atoms with Crippen LogP contribution in [0.3, 0.4) is 0 Å². The molecule has 1 atom stereocenters. The first kappa shape index (κ1) is 20.2. The minimum absolute atomic E-state index is 0.0985. The number of carbonyl (C=O) groups excluding carboxylic acids is 1. The van der Waals surface area contributed by atoms with E-state index in [1.807, 2.05) is 0 Å². The summed E-state index contributed by atoms with van der Waals surface area (Å²) in [5.74, 6) is 1.59. The maximum absolute atomic E-state index is 11.9. The molecule has 164 valence electrons. The van der Waals surface area contributed by atoms with Crippen molar-refractivity contribution in [1.82, 2.24) is 14.9 Å². The average Bonchev–Trinajstić information content (AvgIpc) is 3.34. The van der Waals surface area contributed by atoms with Gasteiger partial charge in [-0.15, -0.1) is 0 Å². The largest absolute Gasteiger partial charge is 0.369 e. The van der Waals surface area contributed by atoms with E-state index in [-0.39, 0.29) is 11.8 Å². The minimum Gasteiger partial charge on any atom is -0.369 e. The zero-order chi connectivity index (χ0) is 21.2. The van der Waals surface area contributed by atoms with E-state index in [0.29, 0.717) is 6.54 Å². The summed E-state index contributed by atoms with van der Waals surface area (Å²) in [6.45, 7) is 6.42. The first-order chi connectivity index (χ1) is 15.2. The van der Waals surface area contributed by atoms with Gasteiger partial charge in [0.1, 0.15) is 5.82 Å². The first-order valence-corrected chi connectivity index (χ1v) is 11.6. The Bertz CT molecular complexity index is 927. The molecule has 4 heterocycles. The Kier molecular flexibility index (Phi) is 5.76. The smallest absolute Gasteiger partial charge is 0.227 e. The Morgan fingerprint density at radius 2 is 1.77 bits per heavy atom. The second kappa shape index (κ2) is 8.83. The quantitative estimate of drug-likeness (QED) is 0.800. The lowest BCUT2D eigenvalue weighted by molar-refractivity contribution is -0.122. The summed E-state index contributed by atoms with van der Waals surface area (Å²) in [5, 5.41) is 0. The van der Waals surface area contributed by atoms with Crippen molar-refractivity contribution in [2.75, 3.05) is 42.5 Å². The molecular weight excluding hydrogens is 388 g/mol. The molecule has 3 aliphatic heterocycles. The molecule has 0 radical (unpaired) electrons. The maximum Gasteiger partial charge on any atom is 0.227 e. The summed E-state index contributed by atoms with van der Waals surface area (Å²) in [6.07, 6.45) is 5.19. The van der Waals surface area contributed by atoms with Crippen molar-refractivity contribution >= 4 is 17.7 Å². The number of amides is 1. The fourth-order valence-electron chi connectivity index (χ4n) is 5.14. The van der Waals surface area contributed by atoms with Crippen molar-refractivity contribution in [1.29, 1.82) is 0 Å². The molecule has 0 aliphatic carbocycles. The van der Waals surface area contributed by atoms with Gasteiger partial charge in [0.05, 0.1) is 11.6 Å². The van der Waals surface area contributed by atoms with Crippen LogP contribution in [0.2, 0.25) is 0 Å². The molecular formula is C24H32N6O. The van der Waals surface area contributed by atoms with Crippen LogP contribution in [-0.4, -0.2) is 53.5 Å². The van der Waals surface area contributed by atoms with Crippen molar-refractivity contribution in [3.8, 4) is 0 Å². The van der Waals surface area contributed by atoms with Crippen molar-refractivity contribution in [3.05, 3.63) is 47.2 Å². The summed E-state index contributed by atoms with van der Waals surface area (Å²) >= 11 is 0. The number of aromatic nitrogens is 2. The lowest BCUT2D eigenvalue weighted by Gasteiger charge is -2.37. The standard InChI is InChI=1S/C24H32N6O/c25-22(31)19-9-6-13-30(16-19)23-20-17-28(15-18-7-2-1-3-8-18)14-10-21(20)26-24(27-23)29-11-4-5-12-29/h1-3,7-8,19H,4-6,9-17H2,(H2,25,31). The van der Waals surface area contributed by atoms with Crippen molar-refractivity contribution in [3.63, 3.8) is 0 Å². The highest BCUT2D eigenvalue weighted by Crippen LogP contribution is 2.33. The van der Waals surface area contributed by atoms with E-state index in [9.17, 15) is 4.79 Å². The Labute approximate surface area is 184 Å². The van der Waals surface area contributed by atoms with Gasteiger partial charge in [0.15, 0.2) is 0 Å². The molecule has 2 saturated heterocycles. The molecule has 3 aliphatic rings. The van der Waals surface area contributed by atoms with Crippen LogP contribution in [0.15, 0.2) is 30.3 Å². The zero-order valence-electron chi connectivity index (χ0n) is 18.2. The Morgan fingerprint density at radius 3 is 2.55 bits per heavy atom. The van der Waals surface area contributed by atoms with Gasteiger partial charge in [0.25, 0.3) is 0 Å². The molecule has 1 amide bonds. The summed E-state index contributed by atoms with van der Waals surface area (Å²) in [4.78, 5) is 29.1. The van der Waals surface area contributed by atoms with E-state index >= 15 is 0 Å². The van der Waals surface area contributed by atoms with Gasteiger partial charge in [-0.25, -0.2) is 4.98 Å². The topological polar surface area (TPSA) is 78.6 Å². The van der Waals surface area contributed by atoms with Crippen LogP contribution >= 0.6 is 0 Å². The van der Waals surface area contributed by atoms with E-state index in [0.717, 1.165) is 70.3 Å². The van der Waals surface area contributed by atoms with Gasteiger partial charge in [0, 0.05) is 57.8 Å². The monoisotopic (exact) mass is 420 g/mol. The van der Waals surface area contributed by atoms with Crippen LogP contribution in [0, 0.1) is 5.92 Å². The number of nitrogens with zero attached hydrogens (tertiary/aromatic N) is 5. The molecule has 7 heteroatoms. The molecule has 1 aromatic heterocycles. The Hall–Kier alpha value is -2.67.